The predicted molar refractivity (Wildman–Crippen MR) is 97.5 cm³/mol. The molecule has 2 heterocycles. The summed E-state index contributed by atoms with van der Waals surface area (Å²) in [5.41, 5.74) is 6.13. The topological polar surface area (TPSA) is 63.2 Å². The lowest BCUT2D eigenvalue weighted by Crippen LogP contribution is -2.32. The fourth-order valence-electron chi connectivity index (χ4n) is 3.65. The smallest absolute Gasteiger partial charge is 0.231 e. The first-order chi connectivity index (χ1) is 12.7. The van der Waals surface area contributed by atoms with Gasteiger partial charge in [0.2, 0.25) is 12.5 Å². The fourth-order valence-corrected chi connectivity index (χ4v) is 3.65. The number of methoxy groups -OCH3 is 1. The summed E-state index contributed by atoms with van der Waals surface area (Å²) in [6.07, 6.45) is 2.91. The van der Waals surface area contributed by atoms with E-state index < -0.39 is 0 Å². The zero-order valence-electron chi connectivity index (χ0n) is 14.9. The Morgan fingerprint density at radius 1 is 1.31 bits per heavy atom. The van der Waals surface area contributed by atoms with Gasteiger partial charge in [-0.15, -0.1) is 0 Å². The minimum Gasteiger partial charge on any atom is -0.492 e. The number of hydroxylamine groups is 1. The van der Waals surface area contributed by atoms with Crippen molar-refractivity contribution >= 4 is 5.70 Å². The standard InChI is InChI=1S/C20H22N2O4/c1-22-9-8-14-10-17-19(26-12-25-17)20(24-2)18(14)16(22)11-15(21-23)13-6-4-3-5-7-13/h3-7,10-11,16,21,23H,8-9,12H2,1-2H3/t16-/m0/s1. The van der Waals surface area contributed by atoms with E-state index in [1.807, 2.05) is 42.5 Å². The first-order valence-corrected chi connectivity index (χ1v) is 8.60. The molecule has 2 N–H and O–H groups in total. The highest BCUT2D eigenvalue weighted by molar-refractivity contribution is 5.67. The Bertz CT molecular complexity index is 835. The molecule has 136 valence electrons. The van der Waals surface area contributed by atoms with E-state index in [4.69, 9.17) is 14.2 Å². The number of fused-ring (bicyclic) bond motifs is 2. The summed E-state index contributed by atoms with van der Waals surface area (Å²) < 4.78 is 16.9. The summed E-state index contributed by atoms with van der Waals surface area (Å²) in [6.45, 7) is 1.10. The molecule has 2 aliphatic heterocycles. The Morgan fingerprint density at radius 2 is 2.12 bits per heavy atom. The Hall–Kier alpha value is -2.70. The van der Waals surface area contributed by atoms with E-state index >= 15 is 0 Å². The molecule has 0 spiro atoms. The van der Waals surface area contributed by atoms with Crippen molar-refractivity contribution in [2.45, 2.75) is 12.5 Å². The maximum Gasteiger partial charge on any atom is 0.231 e. The van der Waals surface area contributed by atoms with E-state index in [1.54, 1.807) is 7.11 Å². The lowest BCUT2D eigenvalue weighted by atomic mass is 9.90. The lowest BCUT2D eigenvalue weighted by Gasteiger charge is -2.34. The summed E-state index contributed by atoms with van der Waals surface area (Å²) in [4.78, 5) is 2.23. The highest BCUT2D eigenvalue weighted by Gasteiger charge is 2.33. The Balaban J connectivity index is 1.85. The molecule has 0 bridgehead atoms. The molecule has 0 fully saturated rings. The van der Waals surface area contributed by atoms with E-state index in [2.05, 4.69) is 17.4 Å². The molecular weight excluding hydrogens is 332 g/mol. The molecule has 2 aromatic rings. The number of hydrogen-bond donors (Lipinski definition) is 2. The summed E-state index contributed by atoms with van der Waals surface area (Å²) in [5, 5.41) is 9.71. The van der Waals surface area contributed by atoms with Crippen molar-refractivity contribution in [2.24, 2.45) is 0 Å². The Morgan fingerprint density at radius 3 is 2.85 bits per heavy atom. The molecule has 6 nitrogen and oxygen atoms in total. The number of ether oxygens (including phenoxy) is 3. The van der Waals surface area contributed by atoms with Crippen molar-refractivity contribution in [1.29, 1.82) is 0 Å². The van der Waals surface area contributed by atoms with Crippen LogP contribution >= 0.6 is 0 Å². The Kier molecular flexibility index (Phi) is 4.44. The zero-order chi connectivity index (χ0) is 18.1. The molecule has 26 heavy (non-hydrogen) atoms. The Labute approximate surface area is 152 Å². The quantitative estimate of drug-likeness (QED) is 0.823. The summed E-state index contributed by atoms with van der Waals surface area (Å²) in [7, 11) is 3.71. The third-order valence-electron chi connectivity index (χ3n) is 4.98. The van der Waals surface area contributed by atoms with Crippen LogP contribution in [0, 0.1) is 0 Å². The number of nitrogens with one attached hydrogen (secondary N) is 1. The maximum atomic E-state index is 9.71. The molecule has 1 atom stereocenters. The zero-order valence-corrected chi connectivity index (χ0v) is 14.9. The molecule has 0 aromatic heterocycles. The van der Waals surface area contributed by atoms with E-state index in [0.29, 0.717) is 17.2 Å². The van der Waals surface area contributed by atoms with Gasteiger partial charge in [-0.05, 0) is 36.7 Å². The number of hydrogen-bond acceptors (Lipinski definition) is 6. The van der Waals surface area contributed by atoms with Crippen molar-refractivity contribution in [2.75, 3.05) is 27.5 Å². The lowest BCUT2D eigenvalue weighted by molar-refractivity contribution is 0.171. The van der Waals surface area contributed by atoms with Gasteiger partial charge in [0.1, 0.15) is 0 Å². The van der Waals surface area contributed by atoms with Gasteiger partial charge < -0.3 is 14.2 Å². The number of likely N-dealkylation sites (N-methyl/N-ethyl adjacent to an activating group) is 1. The molecular formula is C20H22N2O4. The highest BCUT2D eigenvalue weighted by Crippen LogP contribution is 2.49. The van der Waals surface area contributed by atoms with Crippen molar-refractivity contribution in [3.05, 3.63) is 59.2 Å². The molecule has 2 aliphatic rings. The first-order valence-electron chi connectivity index (χ1n) is 8.60. The first kappa shape index (κ1) is 16.8. The molecule has 0 amide bonds. The maximum absolute atomic E-state index is 9.71. The van der Waals surface area contributed by atoms with E-state index in [9.17, 15) is 5.21 Å². The molecule has 0 saturated heterocycles. The summed E-state index contributed by atoms with van der Waals surface area (Å²) in [6, 6.07) is 11.7. The minimum atomic E-state index is -0.0712. The number of benzene rings is 2. The van der Waals surface area contributed by atoms with Gasteiger partial charge in [-0.25, -0.2) is 0 Å². The third-order valence-corrected chi connectivity index (χ3v) is 4.98. The van der Waals surface area contributed by atoms with Gasteiger partial charge in [0.15, 0.2) is 11.5 Å². The number of rotatable bonds is 4. The van der Waals surface area contributed by atoms with Crippen LogP contribution in [0.5, 0.6) is 17.2 Å². The SMILES string of the molecule is COc1c2c(cc3c1[C@H](C=C(NO)c1ccccc1)N(C)CC3)OCO2. The van der Waals surface area contributed by atoms with Crippen molar-refractivity contribution < 1.29 is 19.4 Å². The van der Waals surface area contributed by atoms with Gasteiger partial charge in [0.25, 0.3) is 0 Å². The average Bonchev–Trinajstić information content (AvgIpc) is 3.14. The van der Waals surface area contributed by atoms with E-state index in [1.165, 1.54) is 5.56 Å². The van der Waals surface area contributed by atoms with Gasteiger partial charge in [-0.2, -0.15) is 0 Å². The van der Waals surface area contributed by atoms with Crippen LogP contribution in [-0.2, 0) is 6.42 Å². The van der Waals surface area contributed by atoms with Crippen LogP contribution in [0.3, 0.4) is 0 Å². The molecule has 0 unspecified atom stereocenters. The van der Waals surface area contributed by atoms with E-state index in [0.717, 1.165) is 29.8 Å². The van der Waals surface area contributed by atoms with Crippen molar-refractivity contribution in [3.8, 4) is 17.2 Å². The van der Waals surface area contributed by atoms with Crippen molar-refractivity contribution in [1.82, 2.24) is 10.4 Å². The predicted octanol–water partition coefficient (Wildman–Crippen LogP) is 2.97. The third kappa shape index (κ3) is 2.77. The van der Waals surface area contributed by atoms with Gasteiger partial charge in [0, 0.05) is 12.1 Å². The van der Waals surface area contributed by atoms with Gasteiger partial charge in [0.05, 0.1) is 18.8 Å². The second-order valence-electron chi connectivity index (χ2n) is 6.45. The van der Waals surface area contributed by atoms with Crippen LogP contribution in [0.4, 0.5) is 0 Å². The molecule has 0 radical (unpaired) electrons. The molecule has 6 heteroatoms. The van der Waals surface area contributed by atoms with Crippen LogP contribution in [0.15, 0.2) is 42.5 Å². The summed E-state index contributed by atoms with van der Waals surface area (Å²) >= 11 is 0. The molecule has 2 aromatic carbocycles. The number of nitrogens with zero attached hydrogens (tertiary/aromatic N) is 1. The molecule has 4 rings (SSSR count). The molecule has 0 aliphatic carbocycles. The van der Waals surface area contributed by atoms with Gasteiger partial charge in [-0.1, -0.05) is 30.3 Å². The second kappa shape index (κ2) is 6.90. The average molecular weight is 354 g/mol. The second-order valence-corrected chi connectivity index (χ2v) is 6.45. The normalized spacial score (nSPS) is 19.2. The highest BCUT2D eigenvalue weighted by atomic mass is 16.7. The van der Waals surface area contributed by atoms with Crippen LogP contribution in [-0.4, -0.2) is 37.6 Å². The van der Waals surface area contributed by atoms with Crippen LogP contribution in [0.1, 0.15) is 22.7 Å². The van der Waals surface area contributed by atoms with Crippen LogP contribution < -0.4 is 19.7 Å². The monoisotopic (exact) mass is 354 g/mol. The molecule has 0 saturated carbocycles. The largest absolute Gasteiger partial charge is 0.492 e. The van der Waals surface area contributed by atoms with Gasteiger partial charge in [-0.3, -0.25) is 15.6 Å². The fraction of sp³-hybridized carbons (Fsp3) is 0.300. The van der Waals surface area contributed by atoms with Gasteiger partial charge >= 0.3 is 0 Å². The van der Waals surface area contributed by atoms with E-state index in [-0.39, 0.29) is 12.8 Å². The van der Waals surface area contributed by atoms with Crippen LogP contribution in [0.25, 0.3) is 5.70 Å². The summed E-state index contributed by atoms with van der Waals surface area (Å²) in [5.74, 6) is 2.09. The minimum absolute atomic E-state index is 0.0712. The van der Waals surface area contributed by atoms with Crippen molar-refractivity contribution in [3.63, 3.8) is 0 Å². The van der Waals surface area contributed by atoms with Crippen LogP contribution in [0.2, 0.25) is 0 Å².